The van der Waals surface area contributed by atoms with Crippen molar-refractivity contribution in [3.63, 3.8) is 0 Å². The highest BCUT2D eigenvalue weighted by Crippen LogP contribution is 2.39. The van der Waals surface area contributed by atoms with Crippen LogP contribution < -0.4 is 0 Å². The molecule has 0 fully saturated rings. The van der Waals surface area contributed by atoms with E-state index in [0.717, 1.165) is 22.1 Å². The highest BCUT2D eigenvalue weighted by atomic mass is 16.3. The van der Waals surface area contributed by atoms with Crippen LogP contribution in [0.4, 0.5) is 0 Å². The highest BCUT2D eigenvalue weighted by Gasteiger charge is 2.19. The Morgan fingerprint density at radius 1 is 0.913 bits per heavy atom. The molecule has 0 aliphatic heterocycles. The number of aromatic hydroxyl groups is 1. The number of phenols is 1. The van der Waals surface area contributed by atoms with E-state index < -0.39 is 0 Å². The van der Waals surface area contributed by atoms with Crippen molar-refractivity contribution in [2.45, 2.75) is 32.5 Å². The molecule has 0 aromatic heterocycles. The van der Waals surface area contributed by atoms with Gasteiger partial charge in [-0.05, 0) is 38.9 Å². The molecule has 1 nitrogen and oxygen atoms in total. The second kappa shape index (κ2) is 5.77. The summed E-state index contributed by atoms with van der Waals surface area (Å²) in [5, 5.41) is 13.0. The molecule has 0 heterocycles. The smallest absolute Gasteiger partial charge is 0.125 e. The second-order valence-corrected chi connectivity index (χ2v) is 7.01. The summed E-state index contributed by atoms with van der Waals surface area (Å²) in [4.78, 5) is 0. The van der Waals surface area contributed by atoms with Crippen LogP contribution in [0.5, 0.6) is 5.75 Å². The maximum Gasteiger partial charge on any atom is 0.125 e. The lowest BCUT2D eigenvalue weighted by Gasteiger charge is -2.23. The van der Waals surface area contributed by atoms with Crippen molar-refractivity contribution in [2.24, 2.45) is 0 Å². The number of hydrogen-bond acceptors (Lipinski definition) is 1. The fourth-order valence-corrected chi connectivity index (χ4v) is 2.95. The van der Waals surface area contributed by atoms with Gasteiger partial charge in [0.05, 0.1) is 7.85 Å². The van der Waals surface area contributed by atoms with Crippen LogP contribution in [-0.2, 0) is 11.7 Å². The van der Waals surface area contributed by atoms with Crippen molar-refractivity contribution in [1.29, 1.82) is 0 Å². The van der Waals surface area contributed by atoms with Gasteiger partial charge in [-0.2, -0.15) is 0 Å². The van der Waals surface area contributed by atoms with Crippen molar-refractivity contribution >= 4 is 18.6 Å². The Morgan fingerprint density at radius 3 is 2.30 bits per heavy atom. The average Bonchev–Trinajstić information content (AvgIpc) is 2.53. The van der Waals surface area contributed by atoms with Gasteiger partial charge in [0.1, 0.15) is 5.75 Å². The maximum absolute atomic E-state index is 10.7. The molecule has 2 heteroatoms. The van der Waals surface area contributed by atoms with E-state index >= 15 is 0 Å². The maximum atomic E-state index is 10.7. The van der Waals surface area contributed by atoms with Gasteiger partial charge in [0.15, 0.2) is 0 Å². The highest BCUT2D eigenvalue weighted by molar-refractivity contribution is 6.09. The zero-order chi connectivity index (χ0) is 16.6. The minimum absolute atomic E-state index is 0.00302. The van der Waals surface area contributed by atoms with Gasteiger partial charge in [0.25, 0.3) is 0 Å². The van der Waals surface area contributed by atoms with Crippen LogP contribution in [-0.4, -0.2) is 13.0 Å². The molecular weight excluding hydrogens is 279 g/mol. The van der Waals surface area contributed by atoms with E-state index in [1.54, 1.807) is 0 Å². The number of hydrogen-bond donors (Lipinski definition) is 1. The van der Waals surface area contributed by atoms with Gasteiger partial charge in [0, 0.05) is 5.56 Å². The Kier molecular flexibility index (Phi) is 3.93. The molecule has 0 unspecified atom stereocenters. The molecule has 3 aromatic rings. The first-order chi connectivity index (χ1) is 10.9. The molecule has 0 bridgehead atoms. The Hall–Kier alpha value is -2.22. The van der Waals surface area contributed by atoms with Crippen LogP contribution in [0.1, 0.15) is 31.9 Å². The quantitative estimate of drug-likeness (QED) is 0.647. The molecule has 0 saturated heterocycles. The number of fused-ring (bicyclic) bond motifs is 1. The molecule has 1 N–H and O–H groups in total. The third-order valence-corrected chi connectivity index (χ3v) is 4.35. The van der Waals surface area contributed by atoms with Crippen LogP contribution >= 0.6 is 0 Å². The molecule has 3 rings (SSSR count). The minimum Gasteiger partial charge on any atom is -0.507 e. The normalized spacial score (nSPS) is 11.8. The summed E-state index contributed by atoms with van der Waals surface area (Å²) in [5.41, 5.74) is 3.87. The Bertz CT molecular complexity index is 854. The van der Waals surface area contributed by atoms with Gasteiger partial charge >= 0.3 is 0 Å². The van der Waals surface area contributed by atoms with Crippen LogP contribution in [0.25, 0.3) is 21.9 Å². The molecule has 0 spiro atoms. The first-order valence-corrected chi connectivity index (χ1v) is 7.96. The van der Waals surface area contributed by atoms with Gasteiger partial charge in [-0.1, -0.05) is 75.6 Å². The predicted octanol–water partition coefficient (Wildman–Crippen LogP) is 5.18. The summed E-state index contributed by atoms with van der Waals surface area (Å²) in [7, 11) is 5.86. The van der Waals surface area contributed by atoms with Crippen LogP contribution in [0.3, 0.4) is 0 Å². The lowest BCUT2D eigenvalue weighted by Crippen LogP contribution is -2.12. The topological polar surface area (TPSA) is 20.2 Å². The summed E-state index contributed by atoms with van der Waals surface area (Å²) >= 11 is 0. The van der Waals surface area contributed by atoms with Crippen LogP contribution in [0, 0.1) is 0 Å². The van der Waals surface area contributed by atoms with Crippen molar-refractivity contribution in [3.05, 3.63) is 65.7 Å². The lowest BCUT2D eigenvalue weighted by molar-refractivity contribution is 0.471. The largest absolute Gasteiger partial charge is 0.507 e. The lowest BCUT2D eigenvalue weighted by atomic mass is 9.81. The number of phenolic OH excluding ortho intramolecular Hbond substituents is 1. The van der Waals surface area contributed by atoms with Crippen molar-refractivity contribution < 1.29 is 5.11 Å². The molecule has 3 aromatic carbocycles. The zero-order valence-corrected chi connectivity index (χ0v) is 13.9. The molecule has 23 heavy (non-hydrogen) atoms. The molecule has 0 amide bonds. The summed E-state index contributed by atoms with van der Waals surface area (Å²) in [6.45, 7) is 6.52. The standard InChI is InChI=1S/C21H21BO/c1-21(2,3)16-11-15(13-22)20(23)19(12-16)18-10-6-8-14-7-4-5-9-17(14)18/h4-12,23H,13H2,1-3H3. The summed E-state index contributed by atoms with van der Waals surface area (Å²) in [5.74, 6) is 0.289. The molecule has 114 valence electrons. The second-order valence-electron chi connectivity index (χ2n) is 7.01. The number of benzene rings is 3. The van der Waals surface area contributed by atoms with Gasteiger partial charge in [-0.3, -0.25) is 0 Å². The van der Waals surface area contributed by atoms with E-state index in [-0.39, 0.29) is 11.2 Å². The van der Waals surface area contributed by atoms with Gasteiger partial charge in [-0.25, -0.2) is 0 Å². The van der Waals surface area contributed by atoms with Crippen molar-refractivity contribution in [1.82, 2.24) is 0 Å². The van der Waals surface area contributed by atoms with Gasteiger partial charge < -0.3 is 5.11 Å². The minimum atomic E-state index is -0.00302. The van der Waals surface area contributed by atoms with Gasteiger partial charge in [-0.15, -0.1) is 0 Å². The monoisotopic (exact) mass is 300 g/mol. The van der Waals surface area contributed by atoms with E-state index in [1.165, 1.54) is 10.9 Å². The summed E-state index contributed by atoms with van der Waals surface area (Å²) in [6, 6.07) is 18.5. The molecular formula is C21H21BO. The van der Waals surface area contributed by atoms with E-state index in [0.29, 0.717) is 6.32 Å². The van der Waals surface area contributed by atoms with E-state index in [9.17, 15) is 5.11 Å². The van der Waals surface area contributed by atoms with E-state index in [1.807, 2.05) is 24.3 Å². The van der Waals surface area contributed by atoms with Crippen LogP contribution in [0.15, 0.2) is 54.6 Å². The molecule has 0 atom stereocenters. The fraction of sp³-hybridized carbons (Fsp3) is 0.238. The van der Waals surface area contributed by atoms with Crippen molar-refractivity contribution in [2.75, 3.05) is 0 Å². The Balaban J connectivity index is 2.34. The SMILES string of the molecule is [B]Cc1cc(C(C)(C)C)cc(-c2cccc3ccccc23)c1O. The van der Waals surface area contributed by atoms with Crippen molar-refractivity contribution in [3.8, 4) is 16.9 Å². The Morgan fingerprint density at radius 2 is 1.61 bits per heavy atom. The molecule has 0 aliphatic carbocycles. The summed E-state index contributed by atoms with van der Waals surface area (Å²) in [6.07, 6.45) is 0.327. The average molecular weight is 300 g/mol. The first-order valence-electron chi connectivity index (χ1n) is 7.96. The predicted molar refractivity (Wildman–Crippen MR) is 99.2 cm³/mol. The molecule has 0 aliphatic rings. The van der Waals surface area contributed by atoms with E-state index in [4.69, 9.17) is 7.85 Å². The fourth-order valence-electron chi connectivity index (χ4n) is 2.95. The molecule has 0 saturated carbocycles. The van der Waals surface area contributed by atoms with E-state index in [2.05, 4.69) is 51.1 Å². The third kappa shape index (κ3) is 2.86. The first kappa shape index (κ1) is 15.7. The zero-order valence-electron chi connectivity index (χ0n) is 13.9. The molecule has 2 radical (unpaired) electrons. The third-order valence-electron chi connectivity index (χ3n) is 4.35. The van der Waals surface area contributed by atoms with Gasteiger partial charge in [0.2, 0.25) is 0 Å². The Labute approximate surface area is 139 Å². The van der Waals surface area contributed by atoms with Crippen LogP contribution in [0.2, 0.25) is 0 Å². The number of rotatable bonds is 2. The summed E-state index contributed by atoms with van der Waals surface area (Å²) < 4.78 is 0.